The highest BCUT2D eigenvalue weighted by Crippen LogP contribution is 2.10. The molecule has 0 saturated carbocycles. The molecule has 0 atom stereocenters. The number of rotatable bonds is 4. The first-order valence-electron chi connectivity index (χ1n) is 6.67. The number of nitrogens with two attached hydrogens (primary N) is 1. The predicted molar refractivity (Wildman–Crippen MR) is 81.2 cm³/mol. The van der Waals surface area contributed by atoms with E-state index < -0.39 is 10.2 Å². The second-order valence-electron chi connectivity index (χ2n) is 5.12. The van der Waals surface area contributed by atoms with Crippen LogP contribution >= 0.6 is 0 Å². The summed E-state index contributed by atoms with van der Waals surface area (Å²) in [7, 11) is -3.53. The van der Waals surface area contributed by atoms with Crippen LogP contribution in [0.1, 0.15) is 12.5 Å². The Hall–Kier alpha value is -1.21. The predicted octanol–water partition coefficient (Wildman–Crippen LogP) is 0.911. The lowest BCUT2D eigenvalue weighted by atomic mass is 10.1. The van der Waals surface area contributed by atoms with Crippen LogP contribution in [0, 0.1) is 0 Å². The van der Waals surface area contributed by atoms with Crippen LogP contribution in [0.25, 0.3) is 6.08 Å². The number of hydrogen-bond acceptors (Lipinski definition) is 3. The normalized spacial score (nSPS) is 19.2. The van der Waals surface area contributed by atoms with Crippen molar-refractivity contribution >= 4 is 16.3 Å². The van der Waals surface area contributed by atoms with Gasteiger partial charge in [-0.1, -0.05) is 42.0 Å². The highest BCUT2D eigenvalue weighted by atomic mass is 32.2. The van der Waals surface area contributed by atoms with E-state index in [0.717, 1.165) is 19.6 Å². The fourth-order valence-electron chi connectivity index (χ4n) is 2.37. The highest BCUT2D eigenvalue weighted by Gasteiger charge is 2.23. The van der Waals surface area contributed by atoms with Gasteiger partial charge >= 0.3 is 0 Å². The summed E-state index contributed by atoms with van der Waals surface area (Å²) < 4.78 is 23.8. The molecule has 0 bridgehead atoms. The van der Waals surface area contributed by atoms with Gasteiger partial charge in [-0.3, -0.25) is 4.90 Å². The quantitative estimate of drug-likeness (QED) is 0.898. The fourth-order valence-corrected chi connectivity index (χ4v) is 3.05. The van der Waals surface area contributed by atoms with E-state index in [2.05, 4.69) is 30.0 Å². The summed E-state index contributed by atoms with van der Waals surface area (Å²) in [5, 5.41) is 5.13. The number of piperazine rings is 1. The molecule has 1 aromatic rings. The fraction of sp³-hybridized carbons (Fsp3) is 0.429. The molecule has 2 rings (SSSR count). The minimum absolute atomic E-state index is 0.470. The van der Waals surface area contributed by atoms with Crippen LogP contribution in [0.15, 0.2) is 35.9 Å². The zero-order chi connectivity index (χ0) is 14.6. The lowest BCUT2D eigenvalue weighted by Gasteiger charge is -2.33. The Bertz CT molecular complexity index is 561. The summed E-state index contributed by atoms with van der Waals surface area (Å²) >= 11 is 0. The van der Waals surface area contributed by atoms with Crippen LogP contribution < -0.4 is 5.14 Å². The zero-order valence-corrected chi connectivity index (χ0v) is 12.5. The van der Waals surface area contributed by atoms with Gasteiger partial charge < -0.3 is 0 Å². The van der Waals surface area contributed by atoms with Gasteiger partial charge in [-0.05, 0) is 12.5 Å². The van der Waals surface area contributed by atoms with Crippen LogP contribution in [0.4, 0.5) is 0 Å². The van der Waals surface area contributed by atoms with Gasteiger partial charge in [-0.25, -0.2) is 5.14 Å². The van der Waals surface area contributed by atoms with E-state index in [9.17, 15) is 8.42 Å². The minimum atomic E-state index is -3.53. The molecular weight excluding hydrogens is 274 g/mol. The maximum Gasteiger partial charge on any atom is 0.276 e. The van der Waals surface area contributed by atoms with Gasteiger partial charge in [0.2, 0.25) is 0 Å². The molecule has 20 heavy (non-hydrogen) atoms. The van der Waals surface area contributed by atoms with Crippen LogP contribution in [0.2, 0.25) is 0 Å². The molecule has 0 radical (unpaired) electrons. The molecule has 1 fully saturated rings. The van der Waals surface area contributed by atoms with Gasteiger partial charge in [0, 0.05) is 32.7 Å². The molecule has 1 heterocycles. The summed E-state index contributed by atoms with van der Waals surface area (Å²) in [6.07, 6.45) is 2.16. The Balaban J connectivity index is 1.88. The number of nitrogens with zero attached hydrogens (tertiary/aromatic N) is 2. The molecule has 1 aliphatic heterocycles. The molecule has 1 saturated heterocycles. The monoisotopic (exact) mass is 295 g/mol. The summed E-state index contributed by atoms with van der Waals surface area (Å²) in [6.45, 7) is 5.33. The zero-order valence-electron chi connectivity index (χ0n) is 11.7. The highest BCUT2D eigenvalue weighted by molar-refractivity contribution is 7.86. The molecular formula is C14H21N3O2S. The van der Waals surface area contributed by atoms with Crippen molar-refractivity contribution < 1.29 is 8.42 Å². The maximum absolute atomic E-state index is 11.2. The molecule has 1 aliphatic rings. The van der Waals surface area contributed by atoms with Gasteiger partial charge in [-0.2, -0.15) is 12.7 Å². The smallest absolute Gasteiger partial charge is 0.276 e. The summed E-state index contributed by atoms with van der Waals surface area (Å²) in [5.74, 6) is 0. The first-order chi connectivity index (χ1) is 9.45. The average Bonchev–Trinajstić information content (AvgIpc) is 2.39. The molecule has 110 valence electrons. The molecule has 5 nitrogen and oxygen atoms in total. The first kappa shape index (κ1) is 15.2. The topological polar surface area (TPSA) is 66.6 Å². The van der Waals surface area contributed by atoms with Gasteiger partial charge in [-0.15, -0.1) is 0 Å². The third kappa shape index (κ3) is 4.42. The van der Waals surface area contributed by atoms with Gasteiger partial charge in [0.05, 0.1) is 0 Å². The third-order valence-corrected chi connectivity index (χ3v) is 4.46. The van der Waals surface area contributed by atoms with Gasteiger partial charge in [0.25, 0.3) is 10.2 Å². The Labute approximate surface area is 120 Å². The molecule has 0 aromatic heterocycles. The Morgan fingerprint density at radius 2 is 1.80 bits per heavy atom. The Kier molecular flexibility index (Phi) is 4.93. The van der Waals surface area contributed by atoms with Crippen molar-refractivity contribution in [1.29, 1.82) is 0 Å². The largest absolute Gasteiger partial charge is 0.297 e. The molecule has 1 aromatic carbocycles. The molecule has 0 amide bonds. The summed E-state index contributed by atoms with van der Waals surface area (Å²) in [6, 6.07) is 10.2. The lowest BCUT2D eigenvalue weighted by molar-refractivity contribution is 0.201. The molecule has 0 unspecified atom stereocenters. The van der Waals surface area contributed by atoms with Crippen molar-refractivity contribution in [3.05, 3.63) is 41.5 Å². The van der Waals surface area contributed by atoms with Crippen LogP contribution in [-0.4, -0.2) is 50.3 Å². The summed E-state index contributed by atoms with van der Waals surface area (Å²) in [4.78, 5) is 2.25. The third-order valence-electron chi connectivity index (χ3n) is 3.38. The van der Waals surface area contributed by atoms with Crippen molar-refractivity contribution in [1.82, 2.24) is 9.21 Å². The Morgan fingerprint density at radius 1 is 1.20 bits per heavy atom. The van der Waals surface area contributed by atoms with Crippen molar-refractivity contribution in [2.24, 2.45) is 5.14 Å². The van der Waals surface area contributed by atoms with Gasteiger partial charge in [0.1, 0.15) is 0 Å². The van der Waals surface area contributed by atoms with E-state index in [1.165, 1.54) is 15.4 Å². The van der Waals surface area contributed by atoms with E-state index in [1.54, 1.807) is 0 Å². The van der Waals surface area contributed by atoms with E-state index in [4.69, 9.17) is 5.14 Å². The first-order valence-corrected chi connectivity index (χ1v) is 8.18. The minimum Gasteiger partial charge on any atom is -0.297 e. The van der Waals surface area contributed by atoms with E-state index in [-0.39, 0.29) is 0 Å². The average molecular weight is 295 g/mol. The van der Waals surface area contributed by atoms with E-state index >= 15 is 0 Å². The van der Waals surface area contributed by atoms with Crippen molar-refractivity contribution in [2.45, 2.75) is 6.92 Å². The molecule has 2 N–H and O–H groups in total. The van der Waals surface area contributed by atoms with E-state index in [0.29, 0.717) is 13.1 Å². The van der Waals surface area contributed by atoms with Crippen molar-refractivity contribution in [3.63, 3.8) is 0 Å². The SMILES string of the molecule is CC(=Cc1ccccc1)CN1CCN(S(N)(=O)=O)CC1. The van der Waals surface area contributed by atoms with Gasteiger partial charge in [0.15, 0.2) is 0 Å². The lowest BCUT2D eigenvalue weighted by Crippen LogP contribution is -2.50. The number of hydrogen-bond donors (Lipinski definition) is 1. The Morgan fingerprint density at radius 3 is 2.35 bits per heavy atom. The van der Waals surface area contributed by atoms with Crippen LogP contribution in [-0.2, 0) is 10.2 Å². The maximum atomic E-state index is 11.2. The molecule has 0 spiro atoms. The molecule has 6 heteroatoms. The second-order valence-corrected chi connectivity index (χ2v) is 6.67. The van der Waals surface area contributed by atoms with Crippen LogP contribution in [0.3, 0.4) is 0 Å². The standard InChI is InChI=1S/C14H21N3O2S/c1-13(11-14-5-3-2-4-6-14)12-16-7-9-17(10-8-16)20(15,18)19/h2-6,11H,7-10,12H2,1H3,(H2,15,18,19). The van der Waals surface area contributed by atoms with Crippen molar-refractivity contribution in [3.8, 4) is 0 Å². The van der Waals surface area contributed by atoms with Crippen molar-refractivity contribution in [2.75, 3.05) is 32.7 Å². The summed E-state index contributed by atoms with van der Waals surface area (Å²) in [5.41, 5.74) is 2.45. The number of benzene rings is 1. The van der Waals surface area contributed by atoms with E-state index in [1.807, 2.05) is 18.2 Å². The van der Waals surface area contributed by atoms with Crippen LogP contribution in [0.5, 0.6) is 0 Å². The second kappa shape index (κ2) is 6.49. The molecule has 0 aliphatic carbocycles.